The van der Waals surface area contributed by atoms with Gasteiger partial charge in [0.05, 0.1) is 22.2 Å². The summed E-state index contributed by atoms with van der Waals surface area (Å²) in [5, 5.41) is 3.77. The Balaban J connectivity index is 1.30. The third kappa shape index (κ3) is 5.66. The molecule has 0 bridgehead atoms. The average molecular weight is 705 g/mol. The number of allylic oxidation sites excluding steroid dienone is 5. The van der Waals surface area contributed by atoms with Crippen LogP contribution in [0.25, 0.3) is 89.1 Å². The van der Waals surface area contributed by atoms with E-state index in [-0.39, 0.29) is 0 Å². The Bertz CT molecular complexity index is 2900. The van der Waals surface area contributed by atoms with Crippen molar-refractivity contribution in [3.63, 3.8) is 0 Å². The van der Waals surface area contributed by atoms with Gasteiger partial charge in [0, 0.05) is 33.1 Å². The van der Waals surface area contributed by atoms with Gasteiger partial charge in [-0.3, -0.25) is 0 Å². The molecule has 0 spiro atoms. The van der Waals surface area contributed by atoms with Crippen molar-refractivity contribution in [1.29, 1.82) is 0 Å². The van der Waals surface area contributed by atoms with Crippen molar-refractivity contribution in [3.8, 4) is 44.8 Å². The van der Waals surface area contributed by atoms with Gasteiger partial charge >= 0.3 is 0 Å². The van der Waals surface area contributed by atoms with Crippen LogP contribution in [-0.2, 0) is 0 Å². The molecule has 0 saturated carbocycles. The molecule has 1 aliphatic rings. The fraction of sp³-hybridized carbons (Fsp3) is 0.0566. The smallest absolute Gasteiger partial charge is 0.0789 e. The predicted octanol–water partition coefficient (Wildman–Crippen LogP) is 14.5. The number of hydrogen-bond donors (Lipinski definition) is 0. The summed E-state index contributed by atoms with van der Waals surface area (Å²) in [4.78, 5) is 0. The number of rotatable bonds is 7. The van der Waals surface area contributed by atoms with Crippen molar-refractivity contribution in [1.82, 2.24) is 9.13 Å². The molecule has 2 heterocycles. The average Bonchev–Trinajstić information content (AvgIpc) is 3.78. The van der Waals surface area contributed by atoms with Gasteiger partial charge in [-0.2, -0.15) is 0 Å². The van der Waals surface area contributed by atoms with Gasteiger partial charge in [-0.05, 0) is 113 Å². The molecule has 0 amide bonds. The number of hydrogen-bond acceptors (Lipinski definition) is 0. The van der Waals surface area contributed by atoms with Gasteiger partial charge in [0.2, 0.25) is 0 Å². The Morgan fingerprint density at radius 2 is 1.05 bits per heavy atom. The quantitative estimate of drug-likeness (QED) is 0.156. The zero-order valence-electron chi connectivity index (χ0n) is 30.9. The van der Waals surface area contributed by atoms with Crippen LogP contribution in [0.4, 0.5) is 0 Å². The van der Waals surface area contributed by atoms with Crippen molar-refractivity contribution in [2.45, 2.75) is 19.8 Å². The summed E-state index contributed by atoms with van der Waals surface area (Å²) >= 11 is 0. The highest BCUT2D eigenvalue weighted by Crippen LogP contribution is 2.45. The van der Waals surface area contributed by atoms with E-state index in [2.05, 4.69) is 216 Å². The van der Waals surface area contributed by atoms with Crippen molar-refractivity contribution in [2.24, 2.45) is 0 Å². The topological polar surface area (TPSA) is 9.86 Å². The molecular formula is C53H40N2. The van der Waals surface area contributed by atoms with Gasteiger partial charge in [-0.1, -0.05) is 146 Å². The summed E-state index contributed by atoms with van der Waals surface area (Å²) in [6.45, 7) is 2.13. The van der Waals surface area contributed by atoms with E-state index >= 15 is 0 Å². The summed E-state index contributed by atoms with van der Waals surface area (Å²) in [7, 11) is 0. The molecule has 0 atom stereocenters. The maximum Gasteiger partial charge on any atom is 0.0789 e. The van der Waals surface area contributed by atoms with E-state index in [1.54, 1.807) is 0 Å². The summed E-state index contributed by atoms with van der Waals surface area (Å²) < 4.78 is 5.01. The lowest BCUT2D eigenvalue weighted by atomic mass is 9.93. The van der Waals surface area contributed by atoms with Crippen LogP contribution in [0.5, 0.6) is 0 Å². The lowest BCUT2D eigenvalue weighted by Gasteiger charge is -2.16. The van der Waals surface area contributed by atoms with Gasteiger partial charge < -0.3 is 9.13 Å². The molecule has 0 radical (unpaired) electrons. The summed E-state index contributed by atoms with van der Waals surface area (Å²) in [6.07, 6.45) is 13.4. The molecule has 55 heavy (non-hydrogen) atoms. The molecular weight excluding hydrogens is 665 g/mol. The molecule has 2 heteroatoms. The van der Waals surface area contributed by atoms with E-state index in [0.717, 1.165) is 24.2 Å². The molecule has 2 aromatic heterocycles. The van der Waals surface area contributed by atoms with E-state index in [4.69, 9.17) is 0 Å². The van der Waals surface area contributed by atoms with Gasteiger partial charge in [0.15, 0.2) is 0 Å². The molecule has 0 unspecified atom stereocenters. The van der Waals surface area contributed by atoms with Crippen LogP contribution in [0.15, 0.2) is 194 Å². The lowest BCUT2D eigenvalue weighted by Crippen LogP contribution is -2.01. The largest absolute Gasteiger partial charge is 0.307 e. The first-order valence-corrected chi connectivity index (χ1v) is 19.3. The first-order valence-electron chi connectivity index (χ1n) is 19.3. The van der Waals surface area contributed by atoms with Crippen LogP contribution in [0.3, 0.4) is 0 Å². The van der Waals surface area contributed by atoms with Gasteiger partial charge in [0.1, 0.15) is 0 Å². The third-order valence-electron chi connectivity index (χ3n) is 11.1. The Hall–Kier alpha value is -6.90. The van der Waals surface area contributed by atoms with Crippen LogP contribution >= 0.6 is 0 Å². The Labute approximate surface area is 322 Å². The van der Waals surface area contributed by atoms with Gasteiger partial charge in [0.25, 0.3) is 0 Å². The van der Waals surface area contributed by atoms with Crippen LogP contribution in [0, 0.1) is 0 Å². The van der Waals surface area contributed by atoms with Crippen molar-refractivity contribution in [2.75, 3.05) is 0 Å². The molecule has 10 rings (SSSR count). The molecule has 0 aliphatic heterocycles. The van der Waals surface area contributed by atoms with E-state index in [1.807, 2.05) is 0 Å². The number of aromatic nitrogens is 2. The minimum atomic E-state index is 1.01. The van der Waals surface area contributed by atoms with E-state index in [1.165, 1.54) is 82.9 Å². The van der Waals surface area contributed by atoms with Gasteiger partial charge in [-0.15, -0.1) is 0 Å². The number of fused-ring (bicyclic) bond motifs is 5. The minimum absolute atomic E-state index is 1.01. The Kier molecular flexibility index (Phi) is 8.22. The second-order valence-corrected chi connectivity index (χ2v) is 14.4. The molecule has 1 aliphatic carbocycles. The van der Waals surface area contributed by atoms with Gasteiger partial charge in [-0.25, -0.2) is 0 Å². The highest BCUT2D eigenvalue weighted by molar-refractivity contribution is 6.20. The predicted molar refractivity (Wildman–Crippen MR) is 235 cm³/mol. The summed E-state index contributed by atoms with van der Waals surface area (Å²) in [5.74, 6) is 0. The maximum absolute atomic E-state index is 2.53. The van der Waals surface area contributed by atoms with Crippen LogP contribution < -0.4 is 0 Å². The van der Waals surface area contributed by atoms with Crippen LogP contribution in [0.2, 0.25) is 0 Å². The zero-order valence-corrected chi connectivity index (χ0v) is 30.9. The molecule has 9 aromatic rings. The molecule has 0 fully saturated rings. The van der Waals surface area contributed by atoms with Crippen molar-refractivity contribution in [3.05, 3.63) is 205 Å². The second-order valence-electron chi connectivity index (χ2n) is 14.4. The molecule has 7 aromatic carbocycles. The fourth-order valence-electron chi connectivity index (χ4n) is 8.63. The van der Waals surface area contributed by atoms with Crippen LogP contribution in [0.1, 0.15) is 31.0 Å². The molecule has 262 valence electrons. The zero-order chi connectivity index (χ0) is 36.7. The van der Waals surface area contributed by atoms with Crippen molar-refractivity contribution < 1.29 is 0 Å². The van der Waals surface area contributed by atoms with E-state index in [9.17, 15) is 0 Å². The second kappa shape index (κ2) is 13.8. The van der Waals surface area contributed by atoms with Crippen LogP contribution in [-0.4, -0.2) is 9.13 Å². The number of para-hydroxylation sites is 2. The molecule has 0 N–H and O–H groups in total. The first kappa shape index (κ1) is 32.7. The molecule has 2 nitrogen and oxygen atoms in total. The number of benzene rings is 7. The normalized spacial score (nSPS) is 13.0. The first-order chi connectivity index (χ1) is 27.3. The lowest BCUT2D eigenvalue weighted by molar-refractivity contribution is 1.05. The highest BCUT2D eigenvalue weighted by atomic mass is 15.0. The number of nitrogens with zero attached hydrogens (tertiary/aromatic N) is 2. The highest BCUT2D eigenvalue weighted by Gasteiger charge is 2.25. The fourth-order valence-corrected chi connectivity index (χ4v) is 8.63. The van der Waals surface area contributed by atoms with Crippen molar-refractivity contribution >= 4 is 44.4 Å². The summed E-state index contributed by atoms with van der Waals surface area (Å²) in [6, 6.07) is 62.0. The van der Waals surface area contributed by atoms with E-state index < -0.39 is 0 Å². The maximum atomic E-state index is 2.53. The SMILES string of the molecule is C/C=C\c1c(C2=CC=CCC2)c2ccc3c4ccccc4n(-c4ccccc4)c3c2n1-c1cccc(-c2cc(-c3ccccc3)cc(-c3ccccc3)c2)c1. The molecule has 0 saturated heterocycles. The standard InChI is InChI=1S/C53H40N2/c1-2-18-50-51(39-23-11-5-12-24-39)48-32-31-47-46-29-15-16-30-49(46)54(44-26-13-6-14-27-44)52(47)53(48)55(50)45-28-17-25-40(36-45)43-34-41(37-19-7-3-8-20-37)33-42(35-43)38-21-9-4-10-22-38/h2-11,13-23,25-36H,12,24H2,1H3/b18-2-. The third-order valence-corrected chi connectivity index (χ3v) is 11.1. The van der Waals surface area contributed by atoms with E-state index in [0.29, 0.717) is 0 Å². The minimum Gasteiger partial charge on any atom is -0.307 e. The summed E-state index contributed by atoms with van der Waals surface area (Å²) in [5.41, 5.74) is 17.0. The monoisotopic (exact) mass is 704 g/mol. The Morgan fingerprint density at radius 1 is 0.473 bits per heavy atom. The Morgan fingerprint density at radius 3 is 1.73 bits per heavy atom.